The maximum atomic E-state index is 13.4. The van der Waals surface area contributed by atoms with Gasteiger partial charge in [-0.25, -0.2) is 9.37 Å². The zero-order chi connectivity index (χ0) is 14.0. The summed E-state index contributed by atoms with van der Waals surface area (Å²) >= 11 is 5.77. The molecule has 0 aliphatic carbocycles. The summed E-state index contributed by atoms with van der Waals surface area (Å²) in [5.74, 6) is -0.934. The van der Waals surface area contributed by atoms with Crippen LogP contribution in [0.1, 0.15) is 0 Å². The lowest BCUT2D eigenvalue weighted by atomic mass is 10.3. The fourth-order valence-corrected chi connectivity index (χ4v) is 2.60. The van der Waals surface area contributed by atoms with Gasteiger partial charge >= 0.3 is 0 Å². The highest BCUT2D eigenvalue weighted by molar-refractivity contribution is 7.92. The van der Waals surface area contributed by atoms with Gasteiger partial charge in [0, 0.05) is 6.20 Å². The summed E-state index contributed by atoms with van der Waals surface area (Å²) in [6.45, 7) is 0. The zero-order valence-electron chi connectivity index (χ0n) is 9.47. The number of nitrogen functional groups attached to an aromatic ring is 1. The second kappa shape index (κ2) is 5.02. The van der Waals surface area contributed by atoms with Crippen molar-refractivity contribution < 1.29 is 12.8 Å². The average molecular weight is 302 g/mol. The van der Waals surface area contributed by atoms with Crippen molar-refractivity contribution in [3.8, 4) is 0 Å². The Balaban J connectivity index is 2.37. The molecule has 0 aliphatic rings. The summed E-state index contributed by atoms with van der Waals surface area (Å²) < 4.78 is 39.4. The highest BCUT2D eigenvalue weighted by Crippen LogP contribution is 2.24. The van der Waals surface area contributed by atoms with Crippen LogP contribution in [-0.2, 0) is 10.0 Å². The van der Waals surface area contributed by atoms with Gasteiger partial charge in [-0.2, -0.15) is 8.42 Å². The van der Waals surface area contributed by atoms with E-state index in [0.717, 1.165) is 6.07 Å². The smallest absolute Gasteiger partial charge is 0.282 e. The second-order valence-electron chi connectivity index (χ2n) is 3.63. The Bertz CT molecular complexity index is 722. The Hall–Kier alpha value is -1.86. The molecule has 0 bridgehead atoms. The zero-order valence-corrected chi connectivity index (χ0v) is 11.0. The molecule has 0 unspecified atom stereocenters. The summed E-state index contributed by atoms with van der Waals surface area (Å²) in [6.07, 6.45) is 1.19. The molecule has 0 fully saturated rings. The Morgan fingerprint density at radius 2 is 2.05 bits per heavy atom. The summed E-state index contributed by atoms with van der Waals surface area (Å²) in [4.78, 5) is 3.50. The number of hydrogen-bond acceptors (Lipinski definition) is 4. The van der Waals surface area contributed by atoms with Gasteiger partial charge in [0.1, 0.15) is 0 Å². The van der Waals surface area contributed by atoms with Crippen LogP contribution in [0.5, 0.6) is 0 Å². The molecule has 0 atom stereocenters. The minimum atomic E-state index is -4.11. The number of aromatic nitrogens is 1. The molecule has 2 aromatic rings. The van der Waals surface area contributed by atoms with Crippen LogP contribution < -0.4 is 10.5 Å². The Morgan fingerprint density at radius 3 is 2.68 bits per heavy atom. The first kappa shape index (κ1) is 13.6. The van der Waals surface area contributed by atoms with Crippen molar-refractivity contribution in [2.75, 3.05) is 10.5 Å². The highest BCUT2D eigenvalue weighted by atomic mass is 35.5. The molecule has 0 saturated heterocycles. The van der Waals surface area contributed by atoms with E-state index in [4.69, 9.17) is 17.3 Å². The monoisotopic (exact) mass is 301 g/mol. The van der Waals surface area contributed by atoms with Gasteiger partial charge in [-0.15, -0.1) is 0 Å². The van der Waals surface area contributed by atoms with Gasteiger partial charge in [0.05, 0.1) is 16.4 Å². The lowest BCUT2D eigenvalue weighted by Gasteiger charge is -2.08. The maximum absolute atomic E-state index is 13.4. The predicted molar refractivity (Wildman–Crippen MR) is 70.9 cm³/mol. The molecular formula is C11H9ClFN3O2S. The van der Waals surface area contributed by atoms with Crippen molar-refractivity contribution in [1.29, 1.82) is 0 Å². The van der Waals surface area contributed by atoms with Crippen LogP contribution in [0.4, 0.5) is 15.8 Å². The summed E-state index contributed by atoms with van der Waals surface area (Å²) in [5.41, 5.74) is 5.99. The number of nitrogens with zero attached hydrogens (tertiary/aromatic N) is 1. The molecule has 1 aromatic heterocycles. The first-order valence-corrected chi connectivity index (χ1v) is 6.94. The minimum absolute atomic E-state index is 0.171. The van der Waals surface area contributed by atoms with Crippen LogP contribution in [0.3, 0.4) is 0 Å². The SMILES string of the molecule is Nc1ccc(NS(=O)(=O)c2ncccc2F)cc1Cl. The van der Waals surface area contributed by atoms with Crippen LogP contribution in [0, 0.1) is 5.82 Å². The normalized spacial score (nSPS) is 11.3. The molecule has 0 amide bonds. The van der Waals surface area contributed by atoms with Crippen molar-refractivity contribution in [3.05, 3.63) is 47.4 Å². The van der Waals surface area contributed by atoms with Gasteiger partial charge in [-0.3, -0.25) is 4.72 Å². The number of halogens is 2. The Morgan fingerprint density at radius 1 is 1.32 bits per heavy atom. The van der Waals surface area contributed by atoms with Crippen LogP contribution in [0.25, 0.3) is 0 Å². The van der Waals surface area contributed by atoms with Crippen molar-refractivity contribution in [2.24, 2.45) is 0 Å². The quantitative estimate of drug-likeness (QED) is 0.852. The van der Waals surface area contributed by atoms with E-state index in [-0.39, 0.29) is 10.7 Å². The molecule has 0 aliphatic heterocycles. The van der Waals surface area contributed by atoms with Crippen molar-refractivity contribution in [1.82, 2.24) is 4.98 Å². The van der Waals surface area contributed by atoms with Crippen LogP contribution in [0.15, 0.2) is 41.6 Å². The van der Waals surface area contributed by atoms with E-state index in [9.17, 15) is 12.8 Å². The van der Waals surface area contributed by atoms with Gasteiger partial charge in [0.25, 0.3) is 10.0 Å². The first-order chi connectivity index (χ1) is 8.90. The molecule has 8 heteroatoms. The standard InChI is InChI=1S/C11H9ClFN3O2S/c12-8-6-7(3-4-10(8)14)16-19(17,18)11-9(13)2-1-5-15-11/h1-6,16H,14H2. The number of benzene rings is 1. The van der Waals surface area contributed by atoms with E-state index < -0.39 is 20.9 Å². The Labute approximate surface area is 114 Å². The number of anilines is 2. The minimum Gasteiger partial charge on any atom is -0.398 e. The fraction of sp³-hybridized carbons (Fsp3) is 0. The van der Waals surface area contributed by atoms with E-state index in [2.05, 4.69) is 9.71 Å². The maximum Gasteiger partial charge on any atom is 0.282 e. The third-order valence-corrected chi connectivity index (χ3v) is 3.87. The van der Waals surface area contributed by atoms with Crippen molar-refractivity contribution in [3.63, 3.8) is 0 Å². The summed E-state index contributed by atoms with van der Waals surface area (Å²) in [5, 5.41) is -0.482. The number of rotatable bonds is 3. The molecule has 1 heterocycles. The number of nitrogens with one attached hydrogen (secondary N) is 1. The van der Waals surface area contributed by atoms with Gasteiger partial charge < -0.3 is 5.73 Å². The average Bonchev–Trinajstić information content (AvgIpc) is 2.34. The van der Waals surface area contributed by atoms with E-state index in [1.54, 1.807) is 0 Å². The third-order valence-electron chi connectivity index (χ3n) is 2.23. The summed E-state index contributed by atoms with van der Waals surface area (Å²) in [6, 6.07) is 6.50. The molecule has 1 aromatic carbocycles. The molecule has 0 spiro atoms. The summed E-state index contributed by atoms with van der Waals surface area (Å²) in [7, 11) is -4.11. The third kappa shape index (κ3) is 2.94. The topological polar surface area (TPSA) is 85.1 Å². The molecule has 19 heavy (non-hydrogen) atoms. The van der Waals surface area contributed by atoms with Crippen LogP contribution in [-0.4, -0.2) is 13.4 Å². The van der Waals surface area contributed by atoms with Crippen LogP contribution in [0.2, 0.25) is 5.02 Å². The molecule has 2 rings (SSSR count). The number of nitrogens with two attached hydrogens (primary N) is 1. The number of sulfonamides is 1. The Kier molecular flexibility index (Phi) is 3.59. The number of hydrogen-bond donors (Lipinski definition) is 2. The molecule has 3 N–H and O–H groups in total. The highest BCUT2D eigenvalue weighted by Gasteiger charge is 2.20. The van der Waals surface area contributed by atoms with Gasteiger partial charge in [0.15, 0.2) is 5.82 Å². The lowest BCUT2D eigenvalue weighted by Crippen LogP contribution is -2.16. The van der Waals surface area contributed by atoms with Gasteiger partial charge in [-0.05, 0) is 30.3 Å². The fourth-order valence-electron chi connectivity index (χ4n) is 1.36. The second-order valence-corrected chi connectivity index (χ2v) is 5.64. The lowest BCUT2D eigenvalue weighted by molar-refractivity contribution is 0.557. The molecule has 0 saturated carbocycles. The van der Waals surface area contributed by atoms with Crippen LogP contribution >= 0.6 is 11.6 Å². The molecular weight excluding hydrogens is 293 g/mol. The largest absolute Gasteiger partial charge is 0.398 e. The van der Waals surface area contributed by atoms with Crippen molar-refractivity contribution in [2.45, 2.75) is 5.03 Å². The van der Waals surface area contributed by atoms with E-state index in [1.807, 2.05) is 0 Å². The van der Waals surface area contributed by atoms with E-state index in [1.165, 1.54) is 30.5 Å². The molecule has 100 valence electrons. The first-order valence-electron chi connectivity index (χ1n) is 5.08. The van der Waals surface area contributed by atoms with Crippen molar-refractivity contribution >= 4 is 33.0 Å². The molecule has 0 radical (unpaired) electrons. The number of pyridine rings is 1. The molecule has 5 nitrogen and oxygen atoms in total. The van der Waals surface area contributed by atoms with Gasteiger partial charge in [-0.1, -0.05) is 11.6 Å². The predicted octanol–water partition coefficient (Wildman–Crippen LogP) is 2.26. The van der Waals surface area contributed by atoms with E-state index in [0.29, 0.717) is 5.69 Å². The van der Waals surface area contributed by atoms with Gasteiger partial charge in [0.2, 0.25) is 5.03 Å². The van der Waals surface area contributed by atoms with E-state index >= 15 is 0 Å².